The first-order valence-electron chi connectivity index (χ1n) is 20.6. The molecule has 52 heavy (non-hydrogen) atoms. The van der Waals surface area contributed by atoms with Crippen LogP contribution in [0.15, 0.2) is 12.2 Å². The van der Waals surface area contributed by atoms with E-state index >= 15 is 0 Å². The monoisotopic (exact) mass is 758 g/mol. The van der Waals surface area contributed by atoms with E-state index < -0.39 is 68.3 Å². The number of hydrogen-bond acceptors (Lipinski definition) is 8. The Morgan fingerprint density at radius 3 is 1.67 bits per heavy atom. The van der Waals surface area contributed by atoms with Crippen molar-refractivity contribution in [3.8, 4) is 0 Å². The largest absolute Gasteiger partial charge is 0.403 e. The van der Waals surface area contributed by atoms with Crippen molar-refractivity contribution in [2.75, 3.05) is 19.9 Å². The van der Waals surface area contributed by atoms with Crippen molar-refractivity contribution in [1.29, 1.82) is 0 Å². The second kappa shape index (κ2) is 30.4. The highest BCUT2D eigenvalue weighted by Gasteiger charge is 2.45. The molecule has 1 aliphatic heterocycles. The third-order valence-electron chi connectivity index (χ3n) is 10.4. The highest BCUT2D eigenvalue weighted by molar-refractivity contribution is 4.93. The second-order valence-corrected chi connectivity index (χ2v) is 15.1. The zero-order chi connectivity index (χ0) is 38.6. The summed E-state index contributed by atoms with van der Waals surface area (Å²) in [6, 6.07) is -3.02. The Morgan fingerprint density at radius 1 is 0.712 bits per heavy atom. The normalized spacial score (nSPS) is 22.8. The Bertz CT molecular complexity index is 853. The van der Waals surface area contributed by atoms with Gasteiger partial charge in [0.25, 0.3) is 0 Å². The number of ether oxygens (including phenoxy) is 2. The molecular formula is C40H75F4NO7. The van der Waals surface area contributed by atoms with E-state index in [-0.39, 0.29) is 19.5 Å². The lowest BCUT2D eigenvalue weighted by Gasteiger charge is -2.40. The van der Waals surface area contributed by atoms with Crippen LogP contribution in [0.4, 0.5) is 17.6 Å². The molecule has 8 atom stereocenters. The van der Waals surface area contributed by atoms with Gasteiger partial charge in [0.1, 0.15) is 30.5 Å². The van der Waals surface area contributed by atoms with Crippen LogP contribution in [0.5, 0.6) is 0 Å². The van der Waals surface area contributed by atoms with Crippen LogP contribution in [0.1, 0.15) is 167 Å². The van der Waals surface area contributed by atoms with Crippen LogP contribution in [0.25, 0.3) is 0 Å². The molecule has 1 saturated heterocycles. The van der Waals surface area contributed by atoms with Gasteiger partial charge < -0.3 is 35.0 Å². The SMILES string of the molecule is C=C(CCF)CCCCCCCCCCC(N[C@@H](COC1OC(CO)C(O)C(O)C1O)[C@H](O)CCCCCCCCCCCCCCC)C(F)(F)F. The van der Waals surface area contributed by atoms with Crippen LogP contribution in [0.2, 0.25) is 0 Å². The molecule has 1 fully saturated rings. The van der Waals surface area contributed by atoms with Gasteiger partial charge in [-0.25, -0.2) is 0 Å². The molecule has 1 aliphatic rings. The fourth-order valence-corrected chi connectivity index (χ4v) is 6.89. The van der Waals surface area contributed by atoms with Crippen molar-refractivity contribution in [3.05, 3.63) is 12.2 Å². The predicted molar refractivity (Wildman–Crippen MR) is 199 cm³/mol. The Morgan fingerprint density at radius 2 is 1.19 bits per heavy atom. The molecule has 0 bridgehead atoms. The minimum atomic E-state index is -4.57. The maximum absolute atomic E-state index is 14.3. The third-order valence-corrected chi connectivity index (χ3v) is 10.4. The quantitative estimate of drug-likeness (QED) is 0.0220. The van der Waals surface area contributed by atoms with Crippen molar-refractivity contribution in [1.82, 2.24) is 5.32 Å². The highest BCUT2D eigenvalue weighted by atomic mass is 19.4. The standard InChI is InChI=1S/C40H75F4NO7/c1-3-4-5-6-7-8-9-10-11-12-16-19-22-25-33(47)32(30-51-39-38(50)37(49)36(48)34(29-46)52-39)45-35(40(42,43)44)26-23-20-17-14-13-15-18-21-24-31(2)27-28-41/h32-39,45-50H,2-30H2,1H3/t32-,33+,34?,35?,36?,37?,38?,39?/m0/s1. The summed E-state index contributed by atoms with van der Waals surface area (Å²) < 4.78 is 66.1. The smallest absolute Gasteiger partial charge is 0.394 e. The van der Waals surface area contributed by atoms with E-state index in [1.807, 2.05) is 0 Å². The molecule has 8 nitrogen and oxygen atoms in total. The second-order valence-electron chi connectivity index (χ2n) is 15.1. The summed E-state index contributed by atoms with van der Waals surface area (Å²) in [6.07, 6.45) is 9.63. The van der Waals surface area contributed by atoms with E-state index in [0.717, 1.165) is 76.2 Å². The molecule has 6 N–H and O–H groups in total. The van der Waals surface area contributed by atoms with E-state index in [9.17, 15) is 43.1 Å². The molecule has 0 radical (unpaired) electrons. The first kappa shape index (κ1) is 49.2. The molecule has 1 heterocycles. The molecule has 0 aromatic heterocycles. The molecule has 0 saturated carbocycles. The molecule has 0 aromatic carbocycles. The van der Waals surface area contributed by atoms with Gasteiger partial charge in [0.2, 0.25) is 0 Å². The number of alkyl halides is 4. The van der Waals surface area contributed by atoms with Gasteiger partial charge in [-0.15, -0.1) is 0 Å². The Labute approximate surface area is 312 Å². The molecule has 1 rings (SSSR count). The predicted octanol–water partition coefficient (Wildman–Crippen LogP) is 8.35. The lowest BCUT2D eigenvalue weighted by molar-refractivity contribution is -0.303. The Hall–Kier alpha value is -0.860. The van der Waals surface area contributed by atoms with Crippen molar-refractivity contribution in [2.45, 2.75) is 223 Å². The van der Waals surface area contributed by atoms with Crippen LogP contribution in [-0.2, 0) is 9.47 Å². The molecular weight excluding hydrogens is 682 g/mol. The number of aliphatic hydroxyl groups excluding tert-OH is 5. The fraction of sp³-hybridized carbons (Fsp3) is 0.950. The average molecular weight is 758 g/mol. The van der Waals surface area contributed by atoms with E-state index in [0.29, 0.717) is 25.7 Å². The summed E-state index contributed by atoms with van der Waals surface area (Å²) in [5.41, 5.74) is 0.935. The number of hydrogen-bond donors (Lipinski definition) is 6. The molecule has 6 unspecified atom stereocenters. The minimum Gasteiger partial charge on any atom is -0.394 e. The molecule has 0 aliphatic carbocycles. The number of unbranched alkanes of at least 4 members (excludes halogenated alkanes) is 19. The van der Waals surface area contributed by atoms with Gasteiger partial charge in [-0.1, -0.05) is 147 Å². The lowest BCUT2D eigenvalue weighted by atomic mass is 9.98. The van der Waals surface area contributed by atoms with Crippen LogP contribution >= 0.6 is 0 Å². The van der Waals surface area contributed by atoms with Crippen molar-refractivity contribution in [3.63, 3.8) is 0 Å². The maximum Gasteiger partial charge on any atom is 0.403 e. The summed E-state index contributed by atoms with van der Waals surface area (Å²) in [4.78, 5) is 0. The van der Waals surface area contributed by atoms with Crippen molar-refractivity contribution < 1.29 is 52.6 Å². The summed E-state index contributed by atoms with van der Waals surface area (Å²) in [6.45, 7) is 4.60. The summed E-state index contributed by atoms with van der Waals surface area (Å²) in [5, 5.41) is 53.8. The average Bonchev–Trinajstić information content (AvgIpc) is 3.11. The summed E-state index contributed by atoms with van der Waals surface area (Å²) >= 11 is 0. The fourth-order valence-electron chi connectivity index (χ4n) is 6.89. The van der Waals surface area contributed by atoms with E-state index in [1.165, 1.54) is 51.4 Å². The van der Waals surface area contributed by atoms with Gasteiger partial charge in [-0.2, -0.15) is 13.2 Å². The van der Waals surface area contributed by atoms with Gasteiger partial charge in [-0.05, 0) is 32.1 Å². The van der Waals surface area contributed by atoms with Crippen molar-refractivity contribution in [2.24, 2.45) is 0 Å². The van der Waals surface area contributed by atoms with E-state index in [1.54, 1.807) is 0 Å². The van der Waals surface area contributed by atoms with Gasteiger partial charge in [-0.3, -0.25) is 9.71 Å². The maximum atomic E-state index is 14.3. The van der Waals surface area contributed by atoms with Gasteiger partial charge >= 0.3 is 6.18 Å². The highest BCUT2D eigenvalue weighted by Crippen LogP contribution is 2.27. The van der Waals surface area contributed by atoms with Gasteiger partial charge in [0.15, 0.2) is 6.29 Å². The van der Waals surface area contributed by atoms with Gasteiger partial charge in [0, 0.05) is 0 Å². The molecule has 0 spiro atoms. The number of aliphatic hydroxyl groups is 5. The van der Waals surface area contributed by atoms with Crippen molar-refractivity contribution >= 4 is 0 Å². The van der Waals surface area contributed by atoms with Crippen LogP contribution in [-0.4, -0.2) is 100 Å². The van der Waals surface area contributed by atoms with Crippen LogP contribution in [0.3, 0.4) is 0 Å². The number of allylic oxidation sites excluding steroid dienone is 1. The number of rotatable bonds is 34. The van der Waals surface area contributed by atoms with E-state index in [2.05, 4.69) is 18.8 Å². The van der Waals surface area contributed by atoms with Crippen LogP contribution in [0, 0.1) is 0 Å². The molecule has 0 amide bonds. The first-order valence-corrected chi connectivity index (χ1v) is 20.6. The zero-order valence-corrected chi connectivity index (χ0v) is 32.2. The number of nitrogens with one attached hydrogen (secondary N) is 1. The Kier molecular flexibility index (Phi) is 28.7. The molecule has 12 heteroatoms. The van der Waals surface area contributed by atoms with E-state index in [4.69, 9.17) is 9.47 Å². The number of halogens is 4. The zero-order valence-electron chi connectivity index (χ0n) is 32.2. The van der Waals surface area contributed by atoms with Gasteiger partial charge in [0.05, 0.1) is 32.0 Å². The summed E-state index contributed by atoms with van der Waals surface area (Å²) in [7, 11) is 0. The molecule has 310 valence electrons. The minimum absolute atomic E-state index is 0.164. The lowest BCUT2D eigenvalue weighted by Crippen LogP contribution is -2.60. The van der Waals surface area contributed by atoms with Crippen LogP contribution < -0.4 is 5.32 Å². The molecule has 0 aromatic rings. The Balaban J connectivity index is 2.60. The first-order chi connectivity index (χ1) is 25.0. The third kappa shape index (κ3) is 22.5. The topological polar surface area (TPSA) is 132 Å². The summed E-state index contributed by atoms with van der Waals surface area (Å²) in [5.74, 6) is 0.